The smallest absolute Gasteiger partial charge is 0.331 e. The van der Waals surface area contributed by atoms with Crippen LogP contribution >= 0.6 is 0 Å². The van der Waals surface area contributed by atoms with E-state index < -0.39 is 17.7 Å². The maximum atomic E-state index is 12.2. The standard InChI is InChI=1S/C32H50O3/c1-5-6-7-8-9-10-11-12-13-14-15-16-17-18-19-20-21-22-23-24-31(33)35-30-27-29(28(2)3)25-26-32(30,4)34/h13-24,28-30,34H,5-12,25-27H2,1-4H3/b14-13+,16-15+,18-17+,20-19+,22-21+,24-23+. The van der Waals surface area contributed by atoms with Gasteiger partial charge in [0.05, 0.1) is 5.60 Å². The molecular formula is C32H50O3. The zero-order chi connectivity index (χ0) is 25.8. The van der Waals surface area contributed by atoms with Crippen LogP contribution < -0.4 is 0 Å². The Morgan fingerprint density at radius 1 is 0.886 bits per heavy atom. The Labute approximate surface area is 215 Å². The topological polar surface area (TPSA) is 46.5 Å². The highest BCUT2D eigenvalue weighted by molar-refractivity contribution is 5.82. The van der Waals surface area contributed by atoms with Crippen molar-refractivity contribution in [3.05, 3.63) is 72.9 Å². The maximum Gasteiger partial charge on any atom is 0.331 e. The maximum absolute atomic E-state index is 12.2. The minimum atomic E-state index is -0.947. The zero-order valence-corrected chi connectivity index (χ0v) is 22.7. The molecule has 0 radical (unpaired) electrons. The Balaban J connectivity index is 2.20. The highest BCUT2D eigenvalue weighted by atomic mass is 16.6. The molecule has 0 amide bonds. The van der Waals surface area contributed by atoms with Crippen molar-refractivity contribution in [3.63, 3.8) is 0 Å². The van der Waals surface area contributed by atoms with Gasteiger partial charge < -0.3 is 9.84 Å². The van der Waals surface area contributed by atoms with E-state index in [0.29, 0.717) is 18.3 Å². The van der Waals surface area contributed by atoms with Gasteiger partial charge in [-0.25, -0.2) is 4.79 Å². The van der Waals surface area contributed by atoms with Crippen LogP contribution in [0.4, 0.5) is 0 Å². The molecule has 3 nitrogen and oxygen atoms in total. The van der Waals surface area contributed by atoms with Gasteiger partial charge in [-0.15, -0.1) is 0 Å². The Morgan fingerprint density at radius 3 is 2.03 bits per heavy atom. The molecule has 0 aromatic rings. The second kappa shape index (κ2) is 19.1. The van der Waals surface area contributed by atoms with Crippen molar-refractivity contribution >= 4 is 5.97 Å². The number of carbonyl (C=O) groups excluding carboxylic acids is 1. The summed E-state index contributed by atoms with van der Waals surface area (Å²) in [7, 11) is 0. The molecule has 1 fully saturated rings. The third kappa shape index (κ3) is 15.5. The number of hydrogen-bond donors (Lipinski definition) is 1. The van der Waals surface area contributed by atoms with Gasteiger partial charge in [0.2, 0.25) is 0 Å². The van der Waals surface area contributed by atoms with Crippen LogP contribution in [-0.2, 0) is 9.53 Å². The molecule has 3 atom stereocenters. The lowest BCUT2D eigenvalue weighted by Crippen LogP contribution is -2.47. The van der Waals surface area contributed by atoms with Crippen LogP contribution in [-0.4, -0.2) is 22.8 Å². The van der Waals surface area contributed by atoms with Crippen LogP contribution in [0.3, 0.4) is 0 Å². The predicted octanol–water partition coefficient (Wildman–Crippen LogP) is 8.58. The summed E-state index contributed by atoms with van der Waals surface area (Å²) in [5.41, 5.74) is -0.947. The third-order valence-electron chi connectivity index (χ3n) is 6.78. The minimum Gasteiger partial charge on any atom is -0.456 e. The number of rotatable bonds is 16. The first kappa shape index (κ1) is 30.9. The highest BCUT2D eigenvalue weighted by Crippen LogP contribution is 2.37. The molecule has 1 rings (SSSR count). The fourth-order valence-corrected chi connectivity index (χ4v) is 4.29. The van der Waals surface area contributed by atoms with Crippen LogP contribution in [0.5, 0.6) is 0 Å². The largest absolute Gasteiger partial charge is 0.456 e. The quantitative estimate of drug-likeness (QED) is 0.104. The molecule has 1 saturated carbocycles. The van der Waals surface area contributed by atoms with Gasteiger partial charge in [0.25, 0.3) is 0 Å². The number of aliphatic hydroxyl groups is 1. The average molecular weight is 483 g/mol. The molecule has 1 aliphatic carbocycles. The molecule has 1 N–H and O–H groups in total. The molecule has 1 aliphatic rings. The summed E-state index contributed by atoms with van der Waals surface area (Å²) in [6.07, 6.45) is 35.6. The molecule has 3 heteroatoms. The van der Waals surface area contributed by atoms with Crippen molar-refractivity contribution in [2.24, 2.45) is 11.8 Å². The van der Waals surface area contributed by atoms with Gasteiger partial charge in [-0.2, -0.15) is 0 Å². The molecule has 196 valence electrons. The van der Waals surface area contributed by atoms with Gasteiger partial charge >= 0.3 is 5.97 Å². The fraction of sp³-hybridized carbons (Fsp3) is 0.594. The lowest BCUT2D eigenvalue weighted by Gasteiger charge is -2.41. The van der Waals surface area contributed by atoms with Crippen molar-refractivity contribution in [3.8, 4) is 0 Å². The first-order valence-corrected chi connectivity index (χ1v) is 13.8. The van der Waals surface area contributed by atoms with E-state index in [9.17, 15) is 9.90 Å². The second-order valence-corrected chi connectivity index (χ2v) is 10.3. The fourth-order valence-electron chi connectivity index (χ4n) is 4.29. The Kier molecular flexibility index (Phi) is 16.9. The number of esters is 1. The van der Waals surface area contributed by atoms with Gasteiger partial charge in [0.1, 0.15) is 6.10 Å². The number of unbranched alkanes of at least 4 members (excludes halogenated alkanes) is 7. The monoisotopic (exact) mass is 482 g/mol. The van der Waals surface area contributed by atoms with E-state index in [-0.39, 0.29) is 0 Å². The Bertz CT molecular complexity index is 734. The van der Waals surface area contributed by atoms with Crippen LogP contribution in [0, 0.1) is 11.8 Å². The van der Waals surface area contributed by atoms with E-state index in [4.69, 9.17) is 4.74 Å². The van der Waals surface area contributed by atoms with Gasteiger partial charge in [-0.1, -0.05) is 126 Å². The van der Waals surface area contributed by atoms with Crippen molar-refractivity contribution < 1.29 is 14.6 Å². The van der Waals surface area contributed by atoms with Crippen LogP contribution in [0.2, 0.25) is 0 Å². The Hall–Kier alpha value is -2.13. The van der Waals surface area contributed by atoms with Crippen LogP contribution in [0.15, 0.2) is 72.9 Å². The molecule has 0 aromatic carbocycles. The molecule has 0 heterocycles. The van der Waals surface area contributed by atoms with Crippen molar-refractivity contribution in [1.29, 1.82) is 0 Å². The SMILES string of the molecule is CCCCCCCCC/C=C/C=C/C=C/C=C/C=C/C=C/C(=O)OC1CC(C(C)C)CCC1(C)O. The van der Waals surface area contributed by atoms with Crippen molar-refractivity contribution in [2.75, 3.05) is 0 Å². The summed E-state index contributed by atoms with van der Waals surface area (Å²) >= 11 is 0. The van der Waals surface area contributed by atoms with Crippen molar-refractivity contribution in [2.45, 2.75) is 110 Å². The molecule has 3 unspecified atom stereocenters. The summed E-state index contributed by atoms with van der Waals surface area (Å²) in [5.74, 6) is 0.604. The average Bonchev–Trinajstić information content (AvgIpc) is 2.81. The molecule has 0 spiro atoms. The molecular weight excluding hydrogens is 432 g/mol. The minimum absolute atomic E-state index is 0.404. The number of ether oxygens (including phenoxy) is 1. The van der Waals surface area contributed by atoms with E-state index in [2.05, 4.69) is 39.0 Å². The summed E-state index contributed by atoms with van der Waals surface area (Å²) < 4.78 is 5.57. The lowest BCUT2D eigenvalue weighted by atomic mass is 9.73. The first-order valence-electron chi connectivity index (χ1n) is 13.8. The molecule has 0 bridgehead atoms. The van der Waals surface area contributed by atoms with E-state index in [1.807, 2.05) is 36.5 Å². The Morgan fingerprint density at radius 2 is 1.43 bits per heavy atom. The van der Waals surface area contributed by atoms with E-state index in [1.54, 1.807) is 19.1 Å². The summed E-state index contributed by atoms with van der Waals surface area (Å²) in [5, 5.41) is 10.6. The van der Waals surface area contributed by atoms with Gasteiger partial charge in [-0.05, 0) is 50.9 Å². The van der Waals surface area contributed by atoms with Gasteiger partial charge in [0.15, 0.2) is 0 Å². The second-order valence-electron chi connectivity index (χ2n) is 10.3. The van der Waals surface area contributed by atoms with Crippen molar-refractivity contribution in [1.82, 2.24) is 0 Å². The van der Waals surface area contributed by atoms with E-state index >= 15 is 0 Å². The summed E-state index contributed by atoms with van der Waals surface area (Å²) in [4.78, 5) is 12.2. The normalized spacial score (nSPS) is 23.9. The van der Waals surface area contributed by atoms with Crippen LogP contribution in [0.25, 0.3) is 0 Å². The molecule has 0 saturated heterocycles. The molecule has 0 aromatic heterocycles. The number of hydrogen-bond acceptors (Lipinski definition) is 3. The molecule has 35 heavy (non-hydrogen) atoms. The molecule has 0 aliphatic heterocycles. The van der Waals surface area contributed by atoms with E-state index in [1.165, 1.54) is 51.0 Å². The number of allylic oxidation sites excluding steroid dienone is 11. The predicted molar refractivity (Wildman–Crippen MR) is 150 cm³/mol. The highest BCUT2D eigenvalue weighted by Gasteiger charge is 2.41. The van der Waals surface area contributed by atoms with Crippen LogP contribution in [0.1, 0.15) is 98.3 Å². The summed E-state index contributed by atoms with van der Waals surface area (Å²) in [6.45, 7) is 8.40. The first-order chi connectivity index (χ1) is 16.9. The lowest BCUT2D eigenvalue weighted by molar-refractivity contribution is -0.167. The van der Waals surface area contributed by atoms with Gasteiger partial charge in [-0.3, -0.25) is 0 Å². The summed E-state index contributed by atoms with van der Waals surface area (Å²) in [6, 6.07) is 0. The van der Waals surface area contributed by atoms with Gasteiger partial charge in [0, 0.05) is 6.08 Å². The number of carbonyl (C=O) groups is 1. The zero-order valence-electron chi connectivity index (χ0n) is 22.7. The third-order valence-corrected chi connectivity index (χ3v) is 6.78. The van der Waals surface area contributed by atoms with E-state index in [0.717, 1.165) is 19.3 Å².